The third kappa shape index (κ3) is 5.03. The van der Waals surface area contributed by atoms with Gasteiger partial charge in [-0.15, -0.1) is 0 Å². The van der Waals surface area contributed by atoms with Gasteiger partial charge in [-0.2, -0.15) is 0 Å². The highest BCUT2D eigenvalue weighted by Crippen LogP contribution is 2.21. The van der Waals surface area contributed by atoms with Crippen LogP contribution in [-0.2, 0) is 4.74 Å². The average Bonchev–Trinajstić information content (AvgIpc) is 2.96. The molecule has 3 rings (SSSR count). The van der Waals surface area contributed by atoms with Crippen molar-refractivity contribution in [2.24, 2.45) is 0 Å². The molecule has 7 nitrogen and oxygen atoms in total. The Kier molecular flexibility index (Phi) is 6.35. The Morgan fingerprint density at radius 3 is 2.56 bits per heavy atom. The molecule has 1 aliphatic carbocycles. The number of anilines is 2. The fourth-order valence-electron chi connectivity index (χ4n) is 3.25. The first-order valence-electron chi connectivity index (χ1n) is 9.24. The molecule has 7 heteroatoms. The maximum Gasteiger partial charge on any atom is 0.339 e. The highest BCUT2D eigenvalue weighted by atomic mass is 16.5. The summed E-state index contributed by atoms with van der Waals surface area (Å²) in [6.07, 6.45) is 8.10. The Balaban J connectivity index is 1.72. The minimum atomic E-state index is -0.446. The van der Waals surface area contributed by atoms with Gasteiger partial charge in [0.25, 0.3) is 5.91 Å². The van der Waals surface area contributed by atoms with Crippen molar-refractivity contribution >= 4 is 23.4 Å². The fraction of sp³-hybridized carbons (Fsp3) is 0.400. The van der Waals surface area contributed by atoms with Gasteiger partial charge in [-0.05, 0) is 25.0 Å². The number of nitrogens with zero attached hydrogens (tertiary/aromatic N) is 2. The molecule has 0 radical (unpaired) electrons. The average molecular weight is 368 g/mol. The molecule has 1 amide bonds. The lowest BCUT2D eigenvalue weighted by Gasteiger charge is -2.16. The highest BCUT2D eigenvalue weighted by Gasteiger charge is 2.17. The molecule has 0 atom stereocenters. The number of methoxy groups -OCH3 is 1. The Morgan fingerprint density at radius 2 is 1.81 bits per heavy atom. The van der Waals surface area contributed by atoms with Crippen LogP contribution in [-0.4, -0.2) is 35.0 Å². The van der Waals surface area contributed by atoms with E-state index in [1.54, 1.807) is 30.3 Å². The lowest BCUT2D eigenvalue weighted by Crippen LogP contribution is -2.34. The van der Waals surface area contributed by atoms with E-state index in [1.807, 2.05) is 0 Å². The van der Waals surface area contributed by atoms with Gasteiger partial charge in [-0.25, -0.2) is 14.8 Å². The second kappa shape index (κ2) is 9.12. The SMILES string of the molecule is COC(=O)c1ccccc1Nc1cc(C(=O)NC2CCCCCC2)ncn1. The third-order valence-corrected chi connectivity index (χ3v) is 4.69. The molecule has 1 saturated carbocycles. The number of carbonyl (C=O) groups excluding carboxylic acids is 2. The van der Waals surface area contributed by atoms with E-state index in [4.69, 9.17) is 4.74 Å². The minimum absolute atomic E-state index is 0.200. The number of benzene rings is 1. The van der Waals surface area contributed by atoms with E-state index in [1.165, 1.54) is 26.3 Å². The maximum absolute atomic E-state index is 12.5. The predicted molar refractivity (Wildman–Crippen MR) is 102 cm³/mol. The molecular formula is C20H24N4O3. The van der Waals surface area contributed by atoms with Gasteiger partial charge in [0.15, 0.2) is 0 Å². The molecule has 0 aliphatic heterocycles. The summed E-state index contributed by atoms with van der Waals surface area (Å²) in [6.45, 7) is 0. The number of amides is 1. The molecule has 1 heterocycles. The summed E-state index contributed by atoms with van der Waals surface area (Å²) in [7, 11) is 1.33. The number of hydrogen-bond acceptors (Lipinski definition) is 6. The van der Waals surface area contributed by atoms with E-state index in [0.29, 0.717) is 22.8 Å². The van der Waals surface area contributed by atoms with Crippen LogP contribution in [0.15, 0.2) is 36.7 Å². The number of esters is 1. The Hall–Kier alpha value is -2.96. The van der Waals surface area contributed by atoms with E-state index in [2.05, 4.69) is 20.6 Å². The molecule has 0 unspecified atom stereocenters. The van der Waals surface area contributed by atoms with Gasteiger partial charge >= 0.3 is 5.97 Å². The van der Waals surface area contributed by atoms with Crippen molar-refractivity contribution in [3.8, 4) is 0 Å². The summed E-state index contributed by atoms with van der Waals surface area (Å²) in [4.78, 5) is 32.7. The van der Waals surface area contributed by atoms with Crippen molar-refractivity contribution < 1.29 is 14.3 Å². The molecule has 1 aliphatic rings. The molecule has 142 valence electrons. The zero-order valence-electron chi connectivity index (χ0n) is 15.4. The molecule has 0 spiro atoms. The summed E-state index contributed by atoms with van der Waals surface area (Å²) in [5.74, 6) is -0.209. The van der Waals surface area contributed by atoms with Gasteiger partial charge in [-0.1, -0.05) is 37.8 Å². The van der Waals surface area contributed by atoms with E-state index in [0.717, 1.165) is 25.7 Å². The zero-order valence-corrected chi connectivity index (χ0v) is 15.4. The van der Waals surface area contributed by atoms with Crippen molar-refractivity contribution in [2.45, 2.75) is 44.6 Å². The summed E-state index contributed by atoms with van der Waals surface area (Å²) in [5.41, 5.74) is 1.24. The molecule has 0 bridgehead atoms. The van der Waals surface area contributed by atoms with Crippen molar-refractivity contribution in [3.05, 3.63) is 47.9 Å². The van der Waals surface area contributed by atoms with Gasteiger partial charge in [0.2, 0.25) is 0 Å². The van der Waals surface area contributed by atoms with Crippen molar-refractivity contribution in [2.75, 3.05) is 12.4 Å². The van der Waals surface area contributed by atoms with Crippen LogP contribution >= 0.6 is 0 Å². The van der Waals surface area contributed by atoms with Crippen molar-refractivity contribution in [3.63, 3.8) is 0 Å². The maximum atomic E-state index is 12.5. The molecule has 1 aromatic carbocycles. The van der Waals surface area contributed by atoms with E-state index in [-0.39, 0.29) is 11.9 Å². The molecule has 1 fully saturated rings. The number of aromatic nitrogens is 2. The van der Waals surface area contributed by atoms with Crippen LogP contribution in [0, 0.1) is 0 Å². The van der Waals surface area contributed by atoms with Crippen LogP contribution in [0.4, 0.5) is 11.5 Å². The van der Waals surface area contributed by atoms with Gasteiger partial charge < -0.3 is 15.4 Å². The second-order valence-corrected chi connectivity index (χ2v) is 6.61. The van der Waals surface area contributed by atoms with Crippen LogP contribution in [0.25, 0.3) is 0 Å². The van der Waals surface area contributed by atoms with Gasteiger partial charge in [0, 0.05) is 12.1 Å². The largest absolute Gasteiger partial charge is 0.465 e. The molecule has 0 saturated heterocycles. The van der Waals surface area contributed by atoms with Crippen LogP contribution in [0.5, 0.6) is 0 Å². The van der Waals surface area contributed by atoms with Crippen LogP contribution in [0.3, 0.4) is 0 Å². The number of rotatable bonds is 5. The van der Waals surface area contributed by atoms with Gasteiger partial charge in [-0.3, -0.25) is 4.79 Å². The van der Waals surface area contributed by atoms with Crippen molar-refractivity contribution in [1.82, 2.24) is 15.3 Å². The first-order valence-corrected chi connectivity index (χ1v) is 9.24. The van der Waals surface area contributed by atoms with E-state index < -0.39 is 5.97 Å². The molecular weight excluding hydrogens is 344 g/mol. The number of para-hydroxylation sites is 1. The van der Waals surface area contributed by atoms with Crippen molar-refractivity contribution in [1.29, 1.82) is 0 Å². The van der Waals surface area contributed by atoms with Crippen LogP contribution < -0.4 is 10.6 Å². The smallest absolute Gasteiger partial charge is 0.339 e. The Morgan fingerprint density at radius 1 is 1.07 bits per heavy atom. The third-order valence-electron chi connectivity index (χ3n) is 4.69. The quantitative estimate of drug-likeness (QED) is 0.620. The number of carbonyl (C=O) groups is 2. The standard InChI is InChI=1S/C20H24N4O3/c1-27-20(26)15-10-6-7-11-16(15)24-18-12-17(21-13-22-18)19(25)23-14-8-4-2-3-5-9-14/h6-7,10-14H,2-5,8-9H2,1H3,(H,23,25)(H,21,22,24). The van der Waals surface area contributed by atoms with E-state index in [9.17, 15) is 9.59 Å². The highest BCUT2D eigenvalue weighted by molar-refractivity contribution is 5.97. The number of nitrogens with one attached hydrogen (secondary N) is 2. The summed E-state index contributed by atoms with van der Waals surface area (Å²) in [6, 6.07) is 8.75. The van der Waals surface area contributed by atoms with E-state index >= 15 is 0 Å². The topological polar surface area (TPSA) is 93.2 Å². The lowest BCUT2D eigenvalue weighted by atomic mass is 10.1. The number of ether oxygens (including phenoxy) is 1. The fourth-order valence-corrected chi connectivity index (χ4v) is 3.25. The number of hydrogen-bond donors (Lipinski definition) is 2. The molecule has 27 heavy (non-hydrogen) atoms. The summed E-state index contributed by atoms with van der Waals surface area (Å²) >= 11 is 0. The molecule has 2 aromatic rings. The summed E-state index contributed by atoms with van der Waals surface area (Å²) < 4.78 is 4.80. The lowest BCUT2D eigenvalue weighted by molar-refractivity contribution is 0.0601. The first-order chi connectivity index (χ1) is 13.2. The molecule has 2 N–H and O–H groups in total. The second-order valence-electron chi connectivity index (χ2n) is 6.61. The Bertz CT molecular complexity index is 801. The zero-order chi connectivity index (χ0) is 19.1. The first kappa shape index (κ1) is 18.8. The minimum Gasteiger partial charge on any atom is -0.465 e. The monoisotopic (exact) mass is 368 g/mol. The van der Waals surface area contributed by atoms with Crippen LogP contribution in [0.2, 0.25) is 0 Å². The van der Waals surface area contributed by atoms with Gasteiger partial charge in [0.05, 0.1) is 18.4 Å². The van der Waals surface area contributed by atoms with Crippen LogP contribution in [0.1, 0.15) is 59.4 Å². The molecule has 1 aromatic heterocycles. The normalized spacial score (nSPS) is 14.9. The summed E-state index contributed by atoms with van der Waals surface area (Å²) in [5, 5.41) is 6.14. The Labute approximate surface area is 158 Å². The van der Waals surface area contributed by atoms with Gasteiger partial charge in [0.1, 0.15) is 17.8 Å². The predicted octanol–water partition coefficient (Wildman–Crippen LogP) is 3.46.